The number of hydrogen-bond donors (Lipinski definition) is 1. The quantitative estimate of drug-likeness (QED) is 0.657. The monoisotopic (exact) mass is 442 g/mol. The Morgan fingerprint density at radius 3 is 1.93 bits per heavy atom. The molecule has 0 amide bonds. The van der Waals surface area contributed by atoms with Gasteiger partial charge < -0.3 is 5.32 Å². The molecule has 0 aromatic heterocycles. The molecule has 0 bridgehead atoms. The van der Waals surface area contributed by atoms with E-state index in [1.807, 2.05) is 0 Å². The van der Waals surface area contributed by atoms with Crippen LogP contribution in [-0.2, 0) is 12.4 Å². The fraction of sp³-hybridized carbons (Fsp3) is 0.625. The molecular weight excluding hydrogens is 424 g/mol. The average Bonchev–Trinajstić information content (AvgIpc) is 3.32. The Balaban J connectivity index is 0.00000182. The summed E-state index contributed by atoms with van der Waals surface area (Å²) >= 11 is 0. The van der Waals surface area contributed by atoms with Crippen LogP contribution in [0.3, 0.4) is 0 Å². The van der Waals surface area contributed by atoms with Crippen molar-refractivity contribution in [2.24, 2.45) is 5.92 Å². The minimum Gasteiger partial charge on any atom is -0.314 e. The molecule has 3 rings (SSSR count). The smallest absolute Gasteiger partial charge is 0.314 e. The number of piperazine rings is 1. The van der Waals surface area contributed by atoms with Crippen molar-refractivity contribution in [1.82, 2.24) is 10.2 Å². The molecule has 1 aliphatic carbocycles. The zero-order chi connectivity index (χ0) is 18.4. The minimum atomic E-state index is -5.06. The molecule has 1 saturated heterocycles. The summed E-state index contributed by atoms with van der Waals surface area (Å²) in [7, 11) is 0. The lowest BCUT2D eigenvalue weighted by Gasteiger charge is -2.37. The molecule has 1 saturated carbocycles. The van der Waals surface area contributed by atoms with Crippen LogP contribution in [0.4, 0.5) is 30.7 Å². The van der Waals surface area contributed by atoms with Gasteiger partial charge in [0, 0.05) is 37.8 Å². The molecule has 1 heterocycles. The van der Waals surface area contributed by atoms with Gasteiger partial charge in [0.15, 0.2) is 0 Å². The Morgan fingerprint density at radius 1 is 0.926 bits per heavy atom. The first-order valence-electron chi connectivity index (χ1n) is 8.01. The van der Waals surface area contributed by atoms with Crippen LogP contribution in [0.1, 0.15) is 35.6 Å². The first-order valence-corrected chi connectivity index (χ1v) is 8.01. The van der Waals surface area contributed by atoms with Gasteiger partial charge in [-0.1, -0.05) is 0 Å². The molecule has 2 fully saturated rings. The summed E-state index contributed by atoms with van der Waals surface area (Å²) in [5, 5.41) is 3.06. The first-order chi connectivity index (χ1) is 11.6. The molecule has 0 unspecified atom stereocenters. The molecule has 2 aliphatic rings. The largest absolute Gasteiger partial charge is 0.416 e. The van der Waals surface area contributed by atoms with Gasteiger partial charge in [0.1, 0.15) is 5.82 Å². The fourth-order valence-electron chi connectivity index (χ4n) is 3.41. The second-order valence-electron chi connectivity index (χ2n) is 6.48. The summed E-state index contributed by atoms with van der Waals surface area (Å²) < 4.78 is 93.4. The van der Waals surface area contributed by atoms with E-state index in [4.69, 9.17) is 0 Å². The van der Waals surface area contributed by atoms with Crippen molar-refractivity contribution in [2.45, 2.75) is 31.2 Å². The molecule has 1 aliphatic heterocycles. The zero-order valence-corrected chi connectivity index (χ0v) is 15.6. The molecule has 156 valence electrons. The normalized spacial score (nSPS) is 19.8. The number of halogens is 9. The van der Waals surface area contributed by atoms with Gasteiger partial charge in [0.05, 0.1) is 11.1 Å². The van der Waals surface area contributed by atoms with Crippen LogP contribution in [0.5, 0.6) is 0 Å². The van der Waals surface area contributed by atoms with Crippen molar-refractivity contribution in [1.29, 1.82) is 0 Å². The van der Waals surface area contributed by atoms with Crippen molar-refractivity contribution in [2.75, 3.05) is 26.2 Å². The Hall–Kier alpha value is -0.770. The maximum Gasteiger partial charge on any atom is 0.416 e. The average molecular weight is 443 g/mol. The van der Waals surface area contributed by atoms with Crippen molar-refractivity contribution in [3.8, 4) is 0 Å². The topological polar surface area (TPSA) is 15.3 Å². The molecule has 2 nitrogen and oxygen atoms in total. The van der Waals surface area contributed by atoms with Gasteiger partial charge in [-0.25, -0.2) is 4.39 Å². The van der Waals surface area contributed by atoms with E-state index in [0.29, 0.717) is 39.0 Å². The Kier molecular flexibility index (Phi) is 7.83. The summed E-state index contributed by atoms with van der Waals surface area (Å²) in [4.78, 5) is 1.75. The third kappa shape index (κ3) is 5.40. The van der Waals surface area contributed by atoms with Crippen LogP contribution >= 0.6 is 24.8 Å². The van der Waals surface area contributed by atoms with Crippen molar-refractivity contribution in [3.05, 3.63) is 34.6 Å². The molecule has 0 radical (unpaired) electrons. The number of benzene rings is 1. The molecular formula is C16H19Cl2F7N2. The van der Waals surface area contributed by atoms with E-state index in [1.54, 1.807) is 4.90 Å². The summed E-state index contributed by atoms with van der Waals surface area (Å²) in [6.07, 6.45) is -8.80. The van der Waals surface area contributed by atoms with E-state index >= 15 is 0 Å². The number of rotatable bonds is 3. The standard InChI is InChI=1S/C16H17F7N2.2ClH/c17-12-8-10(15(18,19)20)7-11(16(21,22)23)13(12)14(9-1-2-9)25-5-3-24-4-6-25;;/h7-9,14,24H,1-6H2;2*1H/t14-;;/m0../s1. The molecule has 1 aromatic rings. The van der Waals surface area contributed by atoms with E-state index in [-0.39, 0.29) is 42.9 Å². The lowest BCUT2D eigenvalue weighted by molar-refractivity contribution is -0.144. The predicted octanol–water partition coefficient (Wildman–Crippen LogP) is 5.06. The Morgan fingerprint density at radius 2 is 1.48 bits per heavy atom. The van der Waals surface area contributed by atoms with Crippen LogP contribution in [0, 0.1) is 11.7 Å². The first kappa shape index (κ1) is 24.3. The summed E-state index contributed by atoms with van der Waals surface area (Å²) in [6, 6.07) is -0.626. The Bertz CT molecular complexity index is 639. The molecule has 0 spiro atoms. The maximum absolute atomic E-state index is 14.5. The van der Waals surface area contributed by atoms with Crippen LogP contribution < -0.4 is 5.32 Å². The number of nitrogens with one attached hydrogen (secondary N) is 1. The van der Waals surface area contributed by atoms with Gasteiger partial charge in [0.2, 0.25) is 0 Å². The summed E-state index contributed by atoms with van der Waals surface area (Å²) in [5.74, 6) is -1.59. The second-order valence-corrected chi connectivity index (χ2v) is 6.48. The highest BCUT2D eigenvalue weighted by Gasteiger charge is 2.46. The van der Waals surface area contributed by atoms with E-state index in [9.17, 15) is 30.7 Å². The number of alkyl halides is 6. The van der Waals surface area contributed by atoms with Gasteiger partial charge in [-0.2, -0.15) is 26.3 Å². The molecule has 1 atom stereocenters. The highest BCUT2D eigenvalue weighted by atomic mass is 35.5. The van der Waals surface area contributed by atoms with Crippen LogP contribution in [0.2, 0.25) is 0 Å². The second kappa shape index (κ2) is 8.71. The highest BCUT2D eigenvalue weighted by molar-refractivity contribution is 5.85. The van der Waals surface area contributed by atoms with Gasteiger partial charge in [0.25, 0.3) is 0 Å². The minimum absolute atomic E-state index is 0. The van der Waals surface area contributed by atoms with Crippen LogP contribution in [0.25, 0.3) is 0 Å². The molecule has 1 aromatic carbocycles. The van der Waals surface area contributed by atoms with Crippen LogP contribution in [-0.4, -0.2) is 31.1 Å². The van der Waals surface area contributed by atoms with E-state index in [1.165, 1.54) is 0 Å². The number of nitrogens with zero attached hydrogens (tertiary/aromatic N) is 1. The van der Waals surface area contributed by atoms with Crippen molar-refractivity contribution >= 4 is 24.8 Å². The molecule has 27 heavy (non-hydrogen) atoms. The highest BCUT2D eigenvalue weighted by Crippen LogP contribution is 2.49. The van der Waals surface area contributed by atoms with Gasteiger partial charge >= 0.3 is 12.4 Å². The van der Waals surface area contributed by atoms with E-state index in [2.05, 4.69) is 5.32 Å². The van der Waals surface area contributed by atoms with Crippen molar-refractivity contribution in [3.63, 3.8) is 0 Å². The van der Waals surface area contributed by atoms with Gasteiger partial charge in [-0.15, -0.1) is 24.8 Å². The van der Waals surface area contributed by atoms with Crippen molar-refractivity contribution < 1.29 is 30.7 Å². The lowest BCUT2D eigenvalue weighted by atomic mass is 9.92. The van der Waals surface area contributed by atoms with E-state index < -0.39 is 40.9 Å². The van der Waals surface area contributed by atoms with Crippen LogP contribution in [0.15, 0.2) is 12.1 Å². The Labute approximate surface area is 164 Å². The third-order valence-corrected chi connectivity index (χ3v) is 4.67. The summed E-state index contributed by atoms with van der Waals surface area (Å²) in [5.41, 5.74) is -3.78. The fourth-order valence-corrected chi connectivity index (χ4v) is 3.41. The molecule has 11 heteroatoms. The van der Waals surface area contributed by atoms with E-state index in [0.717, 1.165) is 0 Å². The maximum atomic E-state index is 14.5. The number of hydrogen-bond acceptors (Lipinski definition) is 2. The lowest BCUT2D eigenvalue weighted by Crippen LogP contribution is -2.46. The third-order valence-electron chi connectivity index (χ3n) is 4.67. The molecule has 1 N–H and O–H groups in total. The van der Waals surface area contributed by atoms with Gasteiger partial charge in [-0.3, -0.25) is 4.90 Å². The summed E-state index contributed by atoms with van der Waals surface area (Å²) in [6.45, 7) is 1.96. The SMILES string of the molecule is Cl.Cl.Fc1cc(C(F)(F)F)cc(C(F)(F)F)c1[C@H](C1CC1)N1CCNCC1. The predicted molar refractivity (Wildman–Crippen MR) is 90.8 cm³/mol. The van der Waals surface area contributed by atoms with Gasteiger partial charge in [-0.05, 0) is 30.9 Å². The zero-order valence-electron chi connectivity index (χ0n) is 14.0.